The molecule has 2 aromatic heterocycles. The van der Waals surface area contributed by atoms with Crippen molar-refractivity contribution in [2.45, 2.75) is 45.6 Å². The van der Waals surface area contributed by atoms with Crippen LogP contribution in [0.5, 0.6) is 0 Å². The number of hydrogen-bond donors (Lipinski definition) is 1. The molecule has 158 valence electrons. The third kappa shape index (κ3) is 4.24. The van der Waals surface area contributed by atoms with Gasteiger partial charge in [-0.1, -0.05) is 31.2 Å². The molecule has 0 spiro atoms. The van der Waals surface area contributed by atoms with Crippen LogP contribution in [0.4, 0.5) is 4.39 Å². The lowest BCUT2D eigenvalue weighted by molar-refractivity contribution is -0.133. The van der Waals surface area contributed by atoms with Gasteiger partial charge in [0.2, 0.25) is 5.91 Å². The van der Waals surface area contributed by atoms with Gasteiger partial charge in [0.25, 0.3) is 5.56 Å². The molecule has 3 heterocycles. The number of amides is 1. The standard InChI is InChI=1S/C21H25FN6O2/c1-13(2)10-17(29)27-9-3-4-15(12-27)19-23-20-18(21(30)24-19)25-26-28(20)11-14-5-7-16(22)8-6-14/h5-8,13,15H,3-4,9-12H2,1-2H3,(H,23,24,30)/t15-/m1/s1. The van der Waals surface area contributed by atoms with E-state index in [9.17, 15) is 14.0 Å². The summed E-state index contributed by atoms with van der Waals surface area (Å²) >= 11 is 0. The molecule has 0 aliphatic carbocycles. The number of rotatable bonds is 5. The molecule has 0 unspecified atom stereocenters. The number of aromatic amines is 1. The minimum absolute atomic E-state index is 0.0406. The van der Waals surface area contributed by atoms with Crippen LogP contribution >= 0.6 is 0 Å². The monoisotopic (exact) mass is 412 g/mol. The van der Waals surface area contributed by atoms with Crippen molar-refractivity contribution < 1.29 is 9.18 Å². The van der Waals surface area contributed by atoms with Gasteiger partial charge in [0, 0.05) is 25.4 Å². The van der Waals surface area contributed by atoms with Crippen LogP contribution in [0, 0.1) is 11.7 Å². The van der Waals surface area contributed by atoms with Gasteiger partial charge in [-0.15, -0.1) is 5.10 Å². The summed E-state index contributed by atoms with van der Waals surface area (Å²) in [6.45, 7) is 5.66. The molecule has 30 heavy (non-hydrogen) atoms. The molecule has 4 rings (SSSR count). The predicted molar refractivity (Wildman–Crippen MR) is 109 cm³/mol. The Morgan fingerprint density at radius 2 is 2.07 bits per heavy atom. The van der Waals surface area contributed by atoms with E-state index in [1.54, 1.807) is 16.8 Å². The molecule has 1 atom stereocenters. The molecule has 8 nitrogen and oxygen atoms in total. The molecule has 1 N–H and O–H groups in total. The van der Waals surface area contributed by atoms with Crippen molar-refractivity contribution >= 4 is 17.1 Å². The van der Waals surface area contributed by atoms with Crippen molar-refractivity contribution in [3.05, 3.63) is 51.8 Å². The molecular formula is C21H25FN6O2. The number of likely N-dealkylation sites (tertiary alicyclic amines) is 1. The first-order valence-corrected chi connectivity index (χ1v) is 10.3. The second-order valence-corrected chi connectivity index (χ2v) is 8.27. The Morgan fingerprint density at radius 1 is 1.30 bits per heavy atom. The quantitative estimate of drug-likeness (QED) is 0.694. The van der Waals surface area contributed by atoms with Crippen molar-refractivity contribution in [2.24, 2.45) is 5.92 Å². The van der Waals surface area contributed by atoms with Crippen LogP contribution in [-0.4, -0.2) is 48.9 Å². The van der Waals surface area contributed by atoms with E-state index in [0.717, 1.165) is 24.9 Å². The highest BCUT2D eigenvalue weighted by atomic mass is 19.1. The molecule has 3 aromatic rings. The van der Waals surface area contributed by atoms with Crippen LogP contribution in [0.2, 0.25) is 0 Å². The van der Waals surface area contributed by atoms with E-state index >= 15 is 0 Å². The van der Waals surface area contributed by atoms with Crippen molar-refractivity contribution in [3.8, 4) is 0 Å². The number of hydrogen-bond acceptors (Lipinski definition) is 5. The largest absolute Gasteiger partial charge is 0.342 e. The summed E-state index contributed by atoms with van der Waals surface area (Å²) in [5.41, 5.74) is 1.05. The number of aromatic nitrogens is 5. The van der Waals surface area contributed by atoms with Crippen molar-refractivity contribution in [1.29, 1.82) is 0 Å². The second-order valence-electron chi connectivity index (χ2n) is 8.27. The molecule has 1 fully saturated rings. The Morgan fingerprint density at radius 3 is 2.80 bits per heavy atom. The highest BCUT2D eigenvalue weighted by Crippen LogP contribution is 2.25. The SMILES string of the molecule is CC(C)CC(=O)N1CCC[C@@H](c2nc3c(nnn3Cc3ccc(F)cc3)c(=O)[nH]2)C1. The number of H-pyrrole nitrogens is 1. The van der Waals surface area contributed by atoms with E-state index < -0.39 is 0 Å². The Hall–Kier alpha value is -3.10. The summed E-state index contributed by atoms with van der Waals surface area (Å²) in [7, 11) is 0. The van der Waals surface area contributed by atoms with E-state index in [1.165, 1.54) is 12.1 Å². The molecule has 9 heteroatoms. The fraction of sp³-hybridized carbons (Fsp3) is 0.476. The maximum absolute atomic E-state index is 13.2. The van der Waals surface area contributed by atoms with Gasteiger partial charge in [-0.25, -0.2) is 14.1 Å². The van der Waals surface area contributed by atoms with E-state index in [4.69, 9.17) is 0 Å². The fourth-order valence-corrected chi connectivity index (χ4v) is 3.85. The van der Waals surface area contributed by atoms with Crippen LogP contribution in [-0.2, 0) is 11.3 Å². The number of halogens is 1. The van der Waals surface area contributed by atoms with Crippen LogP contribution in [0.25, 0.3) is 11.2 Å². The molecule has 1 aliphatic rings. The summed E-state index contributed by atoms with van der Waals surface area (Å²) in [5, 5.41) is 8.02. The summed E-state index contributed by atoms with van der Waals surface area (Å²) < 4.78 is 14.7. The third-order valence-electron chi connectivity index (χ3n) is 5.38. The van der Waals surface area contributed by atoms with E-state index in [0.29, 0.717) is 36.9 Å². The molecule has 0 bridgehead atoms. The summed E-state index contributed by atoms with van der Waals surface area (Å²) in [5.74, 6) is 0.645. The van der Waals surface area contributed by atoms with Crippen LogP contribution in [0.3, 0.4) is 0 Å². The Labute approximate surface area is 173 Å². The fourth-order valence-electron chi connectivity index (χ4n) is 3.85. The van der Waals surface area contributed by atoms with Gasteiger partial charge in [-0.2, -0.15) is 0 Å². The van der Waals surface area contributed by atoms with Gasteiger partial charge in [0.05, 0.1) is 6.54 Å². The van der Waals surface area contributed by atoms with Gasteiger partial charge in [0.1, 0.15) is 11.6 Å². The Kier molecular flexibility index (Phi) is 5.61. The second kappa shape index (κ2) is 8.33. The van der Waals surface area contributed by atoms with Crippen molar-refractivity contribution in [1.82, 2.24) is 29.9 Å². The van der Waals surface area contributed by atoms with Gasteiger partial charge < -0.3 is 9.88 Å². The highest BCUT2D eigenvalue weighted by molar-refractivity contribution is 5.76. The normalized spacial score (nSPS) is 17.1. The third-order valence-corrected chi connectivity index (χ3v) is 5.38. The highest BCUT2D eigenvalue weighted by Gasteiger charge is 2.27. The average molecular weight is 412 g/mol. The van der Waals surface area contributed by atoms with Crippen LogP contribution < -0.4 is 5.56 Å². The molecule has 1 aliphatic heterocycles. The van der Waals surface area contributed by atoms with Gasteiger partial charge in [0.15, 0.2) is 11.2 Å². The molecule has 1 amide bonds. The summed E-state index contributed by atoms with van der Waals surface area (Å²) in [6.07, 6.45) is 2.23. The lowest BCUT2D eigenvalue weighted by atomic mass is 9.96. The molecular weight excluding hydrogens is 387 g/mol. The maximum Gasteiger partial charge on any atom is 0.281 e. The first-order chi connectivity index (χ1) is 14.4. The lowest BCUT2D eigenvalue weighted by Gasteiger charge is -2.32. The average Bonchev–Trinajstić information content (AvgIpc) is 3.12. The zero-order chi connectivity index (χ0) is 21.3. The lowest BCUT2D eigenvalue weighted by Crippen LogP contribution is -2.40. The number of carbonyl (C=O) groups excluding carboxylic acids is 1. The number of nitrogens with zero attached hydrogens (tertiary/aromatic N) is 5. The molecule has 0 radical (unpaired) electrons. The topological polar surface area (TPSA) is 96.8 Å². The van der Waals surface area contributed by atoms with E-state index in [1.807, 2.05) is 18.7 Å². The maximum atomic E-state index is 13.2. The molecule has 0 saturated carbocycles. The molecule has 1 saturated heterocycles. The number of nitrogens with one attached hydrogen (secondary N) is 1. The summed E-state index contributed by atoms with van der Waals surface area (Å²) in [6, 6.07) is 6.09. The van der Waals surface area contributed by atoms with Crippen LogP contribution in [0.1, 0.15) is 50.4 Å². The van der Waals surface area contributed by atoms with Crippen molar-refractivity contribution in [3.63, 3.8) is 0 Å². The van der Waals surface area contributed by atoms with Crippen molar-refractivity contribution in [2.75, 3.05) is 13.1 Å². The Bertz CT molecular complexity index is 1100. The van der Waals surface area contributed by atoms with Crippen LogP contribution in [0.15, 0.2) is 29.1 Å². The zero-order valence-corrected chi connectivity index (χ0v) is 17.1. The smallest absolute Gasteiger partial charge is 0.281 e. The van der Waals surface area contributed by atoms with E-state index in [2.05, 4.69) is 20.3 Å². The van der Waals surface area contributed by atoms with Gasteiger partial charge in [-0.3, -0.25) is 9.59 Å². The Balaban J connectivity index is 1.61. The number of benzene rings is 1. The first-order valence-electron chi connectivity index (χ1n) is 10.3. The summed E-state index contributed by atoms with van der Waals surface area (Å²) in [4.78, 5) is 34.4. The number of carbonyl (C=O) groups is 1. The van der Waals surface area contributed by atoms with Gasteiger partial charge in [-0.05, 0) is 36.5 Å². The van der Waals surface area contributed by atoms with E-state index in [-0.39, 0.29) is 28.7 Å². The van der Waals surface area contributed by atoms with Gasteiger partial charge >= 0.3 is 0 Å². The minimum Gasteiger partial charge on any atom is -0.342 e. The molecule has 1 aromatic carbocycles. The predicted octanol–water partition coefficient (Wildman–Crippen LogP) is 2.45. The first kappa shape index (κ1) is 20.2. The number of fused-ring (bicyclic) bond motifs is 1. The number of piperidine rings is 1. The minimum atomic E-state index is -0.342. The zero-order valence-electron chi connectivity index (χ0n) is 17.1.